The Balaban J connectivity index is 1.97. The number of aliphatic carboxylic acids is 1. The molecule has 1 rings (SSSR count). The first-order chi connectivity index (χ1) is 9.68. The number of carbonyl (C=O) groups is 2. The smallest absolute Gasteiger partial charge is 0.303 e. The average molecular weight is 295 g/mol. The van der Waals surface area contributed by atoms with Crippen LogP contribution in [0.15, 0.2) is 35.2 Å². The molecule has 0 aliphatic heterocycles. The van der Waals surface area contributed by atoms with Crippen LogP contribution in [0.3, 0.4) is 0 Å². The van der Waals surface area contributed by atoms with Gasteiger partial charge in [0.2, 0.25) is 5.91 Å². The number of hydrogen-bond acceptors (Lipinski definition) is 3. The molecule has 5 heteroatoms. The van der Waals surface area contributed by atoms with Gasteiger partial charge in [-0.2, -0.15) is 0 Å². The largest absolute Gasteiger partial charge is 0.481 e. The van der Waals surface area contributed by atoms with Crippen LogP contribution < -0.4 is 5.32 Å². The molecule has 0 radical (unpaired) electrons. The number of rotatable bonds is 10. The summed E-state index contributed by atoms with van der Waals surface area (Å²) in [5.74, 6) is 0.0770. The quantitative estimate of drug-likeness (QED) is 0.514. The highest BCUT2D eigenvalue weighted by atomic mass is 32.2. The lowest BCUT2D eigenvalue weighted by molar-refractivity contribution is -0.137. The molecule has 0 fully saturated rings. The maximum atomic E-state index is 11.6. The molecule has 0 unspecified atom stereocenters. The van der Waals surface area contributed by atoms with E-state index in [0.29, 0.717) is 19.4 Å². The van der Waals surface area contributed by atoms with Crippen LogP contribution in [0.5, 0.6) is 0 Å². The lowest BCUT2D eigenvalue weighted by atomic mass is 10.2. The van der Waals surface area contributed by atoms with Crippen LogP contribution in [-0.2, 0) is 9.59 Å². The summed E-state index contributed by atoms with van der Waals surface area (Å²) in [5.41, 5.74) is 0. The Kier molecular flexibility index (Phi) is 8.54. The number of thioether (sulfide) groups is 1. The van der Waals surface area contributed by atoms with Gasteiger partial charge in [0.25, 0.3) is 0 Å². The molecule has 0 saturated carbocycles. The van der Waals surface area contributed by atoms with E-state index in [1.165, 1.54) is 4.90 Å². The van der Waals surface area contributed by atoms with Crippen LogP contribution in [0.25, 0.3) is 0 Å². The lowest BCUT2D eigenvalue weighted by Gasteiger charge is -2.05. The average Bonchev–Trinajstić information content (AvgIpc) is 2.43. The number of unbranched alkanes of at least 4 members (excludes halogenated alkanes) is 2. The van der Waals surface area contributed by atoms with Gasteiger partial charge in [0, 0.05) is 30.0 Å². The molecule has 0 spiro atoms. The molecule has 0 heterocycles. The molecule has 0 aliphatic rings. The van der Waals surface area contributed by atoms with Crippen LogP contribution in [-0.4, -0.2) is 29.3 Å². The van der Waals surface area contributed by atoms with Gasteiger partial charge in [-0.3, -0.25) is 9.59 Å². The third-order valence-corrected chi connectivity index (χ3v) is 3.74. The van der Waals surface area contributed by atoms with Crippen molar-refractivity contribution in [2.75, 3.05) is 12.3 Å². The predicted octanol–water partition coefficient (Wildman–Crippen LogP) is 2.93. The topological polar surface area (TPSA) is 66.4 Å². The van der Waals surface area contributed by atoms with Crippen LogP contribution in [0.1, 0.15) is 32.1 Å². The van der Waals surface area contributed by atoms with E-state index in [9.17, 15) is 9.59 Å². The zero-order chi connectivity index (χ0) is 14.6. The van der Waals surface area contributed by atoms with Crippen LogP contribution >= 0.6 is 11.8 Å². The van der Waals surface area contributed by atoms with Gasteiger partial charge in [0.05, 0.1) is 0 Å². The number of benzene rings is 1. The molecular weight excluding hydrogens is 274 g/mol. The van der Waals surface area contributed by atoms with Crippen molar-refractivity contribution in [3.8, 4) is 0 Å². The van der Waals surface area contributed by atoms with Crippen molar-refractivity contribution in [3.05, 3.63) is 30.3 Å². The summed E-state index contributed by atoms with van der Waals surface area (Å²) in [6, 6.07) is 10.0. The molecular formula is C15H21NO3S. The third kappa shape index (κ3) is 8.58. The molecule has 2 N–H and O–H groups in total. The Morgan fingerprint density at radius 2 is 1.80 bits per heavy atom. The van der Waals surface area contributed by atoms with Crippen molar-refractivity contribution in [2.24, 2.45) is 0 Å². The number of amides is 1. The van der Waals surface area contributed by atoms with Gasteiger partial charge in [0.15, 0.2) is 0 Å². The first-order valence-electron chi connectivity index (χ1n) is 6.85. The highest BCUT2D eigenvalue weighted by Gasteiger charge is 2.02. The first-order valence-corrected chi connectivity index (χ1v) is 7.83. The Bertz CT molecular complexity index is 409. The summed E-state index contributed by atoms with van der Waals surface area (Å²) < 4.78 is 0. The normalized spacial score (nSPS) is 10.2. The minimum Gasteiger partial charge on any atom is -0.481 e. The third-order valence-electron chi connectivity index (χ3n) is 2.73. The minimum absolute atomic E-state index is 0.0617. The van der Waals surface area contributed by atoms with E-state index in [1.807, 2.05) is 30.3 Å². The van der Waals surface area contributed by atoms with Crippen molar-refractivity contribution < 1.29 is 14.7 Å². The fraction of sp³-hybridized carbons (Fsp3) is 0.467. The van der Waals surface area contributed by atoms with Crippen molar-refractivity contribution in [3.63, 3.8) is 0 Å². The summed E-state index contributed by atoms with van der Waals surface area (Å²) in [6.45, 7) is 0.633. The van der Waals surface area contributed by atoms with Gasteiger partial charge in [-0.1, -0.05) is 24.6 Å². The molecule has 0 aromatic heterocycles. The number of carboxylic acids is 1. The molecule has 0 saturated heterocycles. The monoisotopic (exact) mass is 295 g/mol. The SMILES string of the molecule is O=C(O)CCCCCNC(=O)CCSc1ccccc1. The second kappa shape index (κ2) is 10.3. The Labute approximate surface area is 124 Å². The van der Waals surface area contributed by atoms with E-state index in [-0.39, 0.29) is 12.3 Å². The summed E-state index contributed by atoms with van der Waals surface area (Å²) in [4.78, 5) is 23.0. The Morgan fingerprint density at radius 3 is 2.50 bits per heavy atom. The van der Waals surface area contributed by atoms with Crippen molar-refractivity contribution in [1.82, 2.24) is 5.32 Å². The highest BCUT2D eigenvalue weighted by molar-refractivity contribution is 7.99. The van der Waals surface area contributed by atoms with Crippen LogP contribution in [0.4, 0.5) is 0 Å². The molecule has 0 bridgehead atoms. The summed E-state index contributed by atoms with van der Waals surface area (Å²) >= 11 is 1.67. The Hall–Kier alpha value is -1.49. The van der Waals surface area contributed by atoms with Crippen molar-refractivity contribution in [1.29, 1.82) is 0 Å². The fourth-order valence-corrected chi connectivity index (χ4v) is 2.55. The summed E-state index contributed by atoms with van der Waals surface area (Å²) in [5, 5.41) is 11.3. The Morgan fingerprint density at radius 1 is 1.05 bits per heavy atom. The fourth-order valence-electron chi connectivity index (χ4n) is 1.67. The van der Waals surface area contributed by atoms with Gasteiger partial charge in [0.1, 0.15) is 0 Å². The minimum atomic E-state index is -0.757. The number of carbonyl (C=O) groups excluding carboxylic acids is 1. The second-order valence-electron chi connectivity index (χ2n) is 4.47. The van der Waals surface area contributed by atoms with Gasteiger partial charge in [-0.15, -0.1) is 11.8 Å². The molecule has 1 aromatic carbocycles. The molecule has 0 aliphatic carbocycles. The zero-order valence-corrected chi connectivity index (χ0v) is 12.3. The maximum absolute atomic E-state index is 11.6. The maximum Gasteiger partial charge on any atom is 0.303 e. The van der Waals surface area contributed by atoms with E-state index in [0.717, 1.165) is 18.6 Å². The molecule has 20 heavy (non-hydrogen) atoms. The molecule has 110 valence electrons. The summed E-state index contributed by atoms with van der Waals surface area (Å²) in [6.07, 6.45) is 3.07. The van der Waals surface area contributed by atoms with Crippen molar-refractivity contribution >= 4 is 23.6 Å². The highest BCUT2D eigenvalue weighted by Crippen LogP contribution is 2.17. The standard InChI is InChI=1S/C15H21NO3S/c17-14(16-11-6-2-5-9-15(18)19)10-12-20-13-7-3-1-4-8-13/h1,3-4,7-8H,2,5-6,9-12H2,(H,16,17)(H,18,19). The van der Waals surface area contributed by atoms with Gasteiger partial charge >= 0.3 is 5.97 Å². The van der Waals surface area contributed by atoms with E-state index in [2.05, 4.69) is 5.32 Å². The van der Waals surface area contributed by atoms with Crippen LogP contribution in [0.2, 0.25) is 0 Å². The van der Waals surface area contributed by atoms with Gasteiger partial charge < -0.3 is 10.4 Å². The number of carboxylic acid groups (broad SMARTS) is 1. The second-order valence-corrected chi connectivity index (χ2v) is 5.63. The zero-order valence-electron chi connectivity index (χ0n) is 11.5. The van der Waals surface area contributed by atoms with E-state index in [4.69, 9.17) is 5.11 Å². The first kappa shape index (κ1) is 16.6. The molecule has 1 aromatic rings. The van der Waals surface area contributed by atoms with Gasteiger partial charge in [-0.25, -0.2) is 0 Å². The molecule has 0 atom stereocenters. The van der Waals surface area contributed by atoms with E-state index < -0.39 is 5.97 Å². The predicted molar refractivity (Wildman–Crippen MR) is 80.9 cm³/mol. The van der Waals surface area contributed by atoms with E-state index in [1.54, 1.807) is 11.8 Å². The molecule has 4 nitrogen and oxygen atoms in total. The molecule has 1 amide bonds. The number of nitrogens with one attached hydrogen (secondary N) is 1. The van der Waals surface area contributed by atoms with Crippen LogP contribution in [0, 0.1) is 0 Å². The number of hydrogen-bond donors (Lipinski definition) is 2. The van der Waals surface area contributed by atoms with E-state index >= 15 is 0 Å². The summed E-state index contributed by atoms with van der Waals surface area (Å²) in [7, 11) is 0. The lowest BCUT2D eigenvalue weighted by Crippen LogP contribution is -2.24. The van der Waals surface area contributed by atoms with Crippen molar-refractivity contribution in [2.45, 2.75) is 37.0 Å². The van der Waals surface area contributed by atoms with Gasteiger partial charge in [-0.05, 0) is 25.0 Å².